The normalized spacial score (nSPS) is 23.1. The number of nitriles is 1. The van der Waals surface area contributed by atoms with Gasteiger partial charge in [0.05, 0.1) is 17.7 Å². The molecule has 1 aromatic rings. The summed E-state index contributed by atoms with van der Waals surface area (Å²) in [5, 5.41) is 21.2. The first-order valence-corrected chi connectivity index (χ1v) is 6.06. The molecule has 94 valence electrons. The zero-order valence-corrected chi connectivity index (χ0v) is 9.97. The molecule has 1 fully saturated rings. The summed E-state index contributed by atoms with van der Waals surface area (Å²) in [6, 6.07) is 4.83. The second kappa shape index (κ2) is 5.61. The minimum absolute atomic E-state index is 0.191. The Bertz CT molecular complexity index is 464. The summed E-state index contributed by atoms with van der Waals surface area (Å²) < 4.78 is 0. The van der Waals surface area contributed by atoms with Gasteiger partial charge in [0.1, 0.15) is 11.8 Å². The zero-order chi connectivity index (χ0) is 13.0. The van der Waals surface area contributed by atoms with Crippen molar-refractivity contribution in [3.05, 3.63) is 29.6 Å². The predicted octanol–water partition coefficient (Wildman–Crippen LogP) is 0.987. The molecule has 1 aromatic heterocycles. The van der Waals surface area contributed by atoms with Crippen LogP contribution in [0.1, 0.15) is 41.7 Å². The number of pyridine rings is 1. The Hall–Kier alpha value is -1.93. The van der Waals surface area contributed by atoms with Gasteiger partial charge in [0, 0.05) is 6.20 Å². The SMILES string of the molecule is N#Cc1ccc(C(=O)N[C@@H]2CCCC[C@H]2O)nc1. The van der Waals surface area contributed by atoms with Crippen molar-refractivity contribution < 1.29 is 9.90 Å². The van der Waals surface area contributed by atoms with E-state index in [1.165, 1.54) is 12.3 Å². The lowest BCUT2D eigenvalue weighted by atomic mass is 9.92. The summed E-state index contributed by atoms with van der Waals surface area (Å²) in [4.78, 5) is 15.8. The Kier molecular flexibility index (Phi) is 3.90. The van der Waals surface area contributed by atoms with E-state index in [4.69, 9.17) is 5.26 Å². The van der Waals surface area contributed by atoms with Crippen molar-refractivity contribution in [1.29, 1.82) is 5.26 Å². The Morgan fingerprint density at radius 2 is 2.22 bits per heavy atom. The highest BCUT2D eigenvalue weighted by molar-refractivity contribution is 5.92. The molecular weight excluding hydrogens is 230 g/mol. The number of hydrogen-bond acceptors (Lipinski definition) is 4. The van der Waals surface area contributed by atoms with Crippen LogP contribution in [0, 0.1) is 11.3 Å². The van der Waals surface area contributed by atoms with Crippen LogP contribution in [0.2, 0.25) is 0 Å². The van der Waals surface area contributed by atoms with Gasteiger partial charge in [0.2, 0.25) is 0 Å². The van der Waals surface area contributed by atoms with E-state index in [2.05, 4.69) is 10.3 Å². The Labute approximate surface area is 105 Å². The third-order valence-corrected chi connectivity index (χ3v) is 3.17. The molecule has 2 atom stereocenters. The minimum atomic E-state index is -0.471. The number of amides is 1. The standard InChI is InChI=1S/C13H15N3O2/c14-7-9-5-6-11(15-8-9)13(18)16-10-3-1-2-4-12(10)17/h5-6,8,10,12,17H,1-4H2,(H,16,18)/t10-,12-/m1/s1. The number of aliphatic hydroxyl groups is 1. The average molecular weight is 245 g/mol. The molecule has 2 rings (SSSR count). The summed E-state index contributed by atoms with van der Waals surface area (Å²) in [6.07, 6.45) is 4.44. The van der Waals surface area contributed by atoms with Crippen LogP contribution in [0.3, 0.4) is 0 Å². The molecule has 0 bridgehead atoms. The van der Waals surface area contributed by atoms with Gasteiger partial charge in [-0.05, 0) is 25.0 Å². The minimum Gasteiger partial charge on any atom is -0.391 e. The van der Waals surface area contributed by atoms with Crippen molar-refractivity contribution in [2.24, 2.45) is 0 Å². The van der Waals surface area contributed by atoms with Gasteiger partial charge in [0.15, 0.2) is 0 Å². The maximum Gasteiger partial charge on any atom is 0.270 e. The Morgan fingerprint density at radius 3 is 2.83 bits per heavy atom. The number of carbonyl (C=O) groups excluding carboxylic acids is 1. The Morgan fingerprint density at radius 1 is 1.44 bits per heavy atom. The monoisotopic (exact) mass is 245 g/mol. The first-order valence-electron chi connectivity index (χ1n) is 6.06. The van der Waals surface area contributed by atoms with E-state index in [9.17, 15) is 9.90 Å². The molecule has 0 saturated heterocycles. The fraction of sp³-hybridized carbons (Fsp3) is 0.462. The van der Waals surface area contributed by atoms with Gasteiger partial charge in [-0.1, -0.05) is 12.8 Å². The van der Waals surface area contributed by atoms with Crippen LogP contribution in [0.15, 0.2) is 18.3 Å². The molecule has 0 radical (unpaired) electrons. The molecule has 1 heterocycles. The molecule has 1 aliphatic rings. The zero-order valence-electron chi connectivity index (χ0n) is 9.97. The van der Waals surface area contributed by atoms with Gasteiger partial charge >= 0.3 is 0 Å². The van der Waals surface area contributed by atoms with Crippen LogP contribution >= 0.6 is 0 Å². The molecular formula is C13H15N3O2. The van der Waals surface area contributed by atoms with Gasteiger partial charge in [-0.2, -0.15) is 5.26 Å². The third-order valence-electron chi connectivity index (χ3n) is 3.17. The molecule has 0 unspecified atom stereocenters. The quantitative estimate of drug-likeness (QED) is 0.813. The van der Waals surface area contributed by atoms with Crippen LogP contribution in [0.25, 0.3) is 0 Å². The summed E-state index contributed by atoms with van der Waals surface area (Å²) in [6.45, 7) is 0. The van der Waals surface area contributed by atoms with Crippen LogP contribution in [0.5, 0.6) is 0 Å². The fourth-order valence-corrected chi connectivity index (χ4v) is 2.12. The van der Waals surface area contributed by atoms with Crippen molar-refractivity contribution in [2.75, 3.05) is 0 Å². The molecule has 5 heteroatoms. The van der Waals surface area contributed by atoms with E-state index in [1.807, 2.05) is 6.07 Å². The van der Waals surface area contributed by atoms with E-state index in [0.717, 1.165) is 25.7 Å². The van der Waals surface area contributed by atoms with Crippen LogP contribution in [-0.2, 0) is 0 Å². The van der Waals surface area contributed by atoms with Crippen molar-refractivity contribution in [3.63, 3.8) is 0 Å². The van der Waals surface area contributed by atoms with Crippen LogP contribution < -0.4 is 5.32 Å². The van der Waals surface area contributed by atoms with Crippen LogP contribution in [-0.4, -0.2) is 28.1 Å². The lowest BCUT2D eigenvalue weighted by Crippen LogP contribution is -2.45. The first-order chi connectivity index (χ1) is 8.70. The number of nitrogens with one attached hydrogen (secondary N) is 1. The highest BCUT2D eigenvalue weighted by atomic mass is 16.3. The van der Waals surface area contributed by atoms with Crippen molar-refractivity contribution >= 4 is 5.91 Å². The van der Waals surface area contributed by atoms with E-state index in [1.54, 1.807) is 6.07 Å². The highest BCUT2D eigenvalue weighted by Gasteiger charge is 2.25. The molecule has 0 aliphatic heterocycles. The van der Waals surface area contributed by atoms with Gasteiger partial charge in [-0.3, -0.25) is 4.79 Å². The van der Waals surface area contributed by atoms with Gasteiger partial charge < -0.3 is 10.4 Å². The maximum atomic E-state index is 11.9. The van der Waals surface area contributed by atoms with Crippen molar-refractivity contribution in [2.45, 2.75) is 37.8 Å². The van der Waals surface area contributed by atoms with Gasteiger partial charge in [-0.15, -0.1) is 0 Å². The molecule has 5 nitrogen and oxygen atoms in total. The van der Waals surface area contributed by atoms with Crippen LogP contribution in [0.4, 0.5) is 0 Å². The summed E-state index contributed by atoms with van der Waals surface area (Å²) in [5.74, 6) is -0.301. The second-order valence-electron chi connectivity index (χ2n) is 4.48. The highest BCUT2D eigenvalue weighted by Crippen LogP contribution is 2.18. The molecule has 0 spiro atoms. The smallest absolute Gasteiger partial charge is 0.270 e. The first kappa shape index (κ1) is 12.5. The molecule has 1 amide bonds. The van der Waals surface area contributed by atoms with E-state index in [0.29, 0.717) is 5.56 Å². The molecule has 1 saturated carbocycles. The number of aliphatic hydroxyl groups excluding tert-OH is 1. The van der Waals surface area contributed by atoms with Gasteiger partial charge in [0.25, 0.3) is 5.91 Å². The third kappa shape index (κ3) is 2.84. The molecule has 18 heavy (non-hydrogen) atoms. The van der Waals surface area contributed by atoms with Crippen molar-refractivity contribution in [1.82, 2.24) is 10.3 Å². The number of hydrogen-bond donors (Lipinski definition) is 2. The van der Waals surface area contributed by atoms with Crippen molar-refractivity contribution in [3.8, 4) is 6.07 Å². The molecule has 0 aromatic carbocycles. The summed E-state index contributed by atoms with van der Waals surface area (Å²) >= 11 is 0. The molecule has 2 N–H and O–H groups in total. The fourth-order valence-electron chi connectivity index (χ4n) is 2.12. The summed E-state index contributed by atoms with van der Waals surface area (Å²) in [7, 11) is 0. The Balaban J connectivity index is 2.00. The lowest BCUT2D eigenvalue weighted by Gasteiger charge is -2.28. The number of rotatable bonds is 2. The van der Waals surface area contributed by atoms with E-state index in [-0.39, 0.29) is 17.6 Å². The number of carbonyl (C=O) groups is 1. The molecule has 1 aliphatic carbocycles. The lowest BCUT2D eigenvalue weighted by molar-refractivity contribution is 0.0714. The number of aromatic nitrogens is 1. The summed E-state index contributed by atoms with van der Waals surface area (Å²) in [5.41, 5.74) is 0.691. The van der Waals surface area contributed by atoms with Gasteiger partial charge in [-0.25, -0.2) is 4.98 Å². The average Bonchev–Trinajstić information content (AvgIpc) is 2.41. The van der Waals surface area contributed by atoms with E-state index < -0.39 is 6.10 Å². The predicted molar refractivity (Wildman–Crippen MR) is 64.7 cm³/mol. The second-order valence-corrected chi connectivity index (χ2v) is 4.48. The number of nitrogens with zero attached hydrogens (tertiary/aromatic N) is 2. The topological polar surface area (TPSA) is 86.0 Å². The largest absolute Gasteiger partial charge is 0.391 e. The maximum absolute atomic E-state index is 11.9. The van der Waals surface area contributed by atoms with E-state index >= 15 is 0 Å².